The summed E-state index contributed by atoms with van der Waals surface area (Å²) in [7, 11) is 0. The number of rotatable bonds is 6. The Morgan fingerprint density at radius 3 is 1.42 bits per heavy atom. The van der Waals surface area contributed by atoms with Crippen LogP contribution in [0.15, 0.2) is 180 Å². The van der Waals surface area contributed by atoms with Gasteiger partial charge in [-0.25, -0.2) is 0 Å². The molecule has 9 aromatic rings. The Bertz CT molecular complexity index is 2530. The van der Waals surface area contributed by atoms with Crippen molar-refractivity contribution in [3.05, 3.63) is 176 Å². The number of benzene rings is 7. The van der Waals surface area contributed by atoms with Gasteiger partial charge in [-0.05, 0) is 94.0 Å². The van der Waals surface area contributed by atoms with Crippen LogP contribution in [0.2, 0.25) is 0 Å². The minimum absolute atomic E-state index is 0.505. The number of fused-ring (bicyclic) bond motifs is 3. The highest BCUT2D eigenvalue weighted by molar-refractivity contribution is 6.12. The molecule has 0 spiro atoms. The summed E-state index contributed by atoms with van der Waals surface area (Å²) in [6, 6.07) is 61.7. The van der Waals surface area contributed by atoms with E-state index in [0.29, 0.717) is 11.8 Å². The molecule has 0 bridgehead atoms. The molecule has 0 aliphatic carbocycles. The summed E-state index contributed by atoms with van der Waals surface area (Å²) in [5, 5.41) is 11.0. The minimum Gasteiger partial charge on any atom is -0.416 e. The fourth-order valence-electron chi connectivity index (χ4n) is 6.67. The molecule has 0 atom stereocenters. The van der Waals surface area contributed by atoms with Gasteiger partial charge >= 0.3 is 0 Å². The quantitative estimate of drug-likeness (QED) is 0.187. The molecule has 0 fully saturated rings. The van der Waals surface area contributed by atoms with Crippen LogP contribution >= 0.6 is 0 Å². The van der Waals surface area contributed by atoms with Crippen molar-refractivity contribution in [1.29, 1.82) is 0 Å². The number of hydrogen-bond donors (Lipinski definition) is 0. The third kappa shape index (κ3) is 4.88. The zero-order chi connectivity index (χ0) is 31.9. The standard InChI is InChI=1S/C44H29N3O/c1-4-12-31(13-5-1)37-18-10-11-19-38(37)35-25-27-42-40(29-35)39-28-34(24-26-41(39)47(42)36-16-8-3-9-17-36)30-20-22-33(23-21-30)44-46-45-43(48-44)32-14-6-2-7-15-32/h1-29H. The first-order valence-corrected chi connectivity index (χ1v) is 16.1. The van der Waals surface area contributed by atoms with Crippen molar-refractivity contribution < 1.29 is 4.42 Å². The van der Waals surface area contributed by atoms with Crippen molar-refractivity contribution in [2.75, 3.05) is 0 Å². The van der Waals surface area contributed by atoms with Gasteiger partial charge in [-0.3, -0.25) is 0 Å². The molecule has 4 heteroatoms. The lowest BCUT2D eigenvalue weighted by Gasteiger charge is -2.11. The first-order chi connectivity index (χ1) is 23.8. The van der Waals surface area contributed by atoms with Gasteiger partial charge in [-0.15, -0.1) is 10.2 Å². The second-order valence-electron chi connectivity index (χ2n) is 11.9. The van der Waals surface area contributed by atoms with Crippen LogP contribution in [-0.4, -0.2) is 14.8 Å². The second-order valence-corrected chi connectivity index (χ2v) is 11.9. The predicted molar refractivity (Wildman–Crippen MR) is 196 cm³/mol. The fourth-order valence-corrected chi connectivity index (χ4v) is 6.67. The maximum absolute atomic E-state index is 6.01. The molecular formula is C44H29N3O. The molecule has 0 saturated carbocycles. The monoisotopic (exact) mass is 615 g/mol. The van der Waals surface area contributed by atoms with E-state index in [1.54, 1.807) is 0 Å². The maximum Gasteiger partial charge on any atom is 0.248 e. The largest absolute Gasteiger partial charge is 0.416 e. The highest BCUT2D eigenvalue weighted by Gasteiger charge is 2.16. The molecule has 2 heterocycles. The van der Waals surface area contributed by atoms with Gasteiger partial charge in [-0.2, -0.15) is 0 Å². The van der Waals surface area contributed by atoms with Crippen LogP contribution in [-0.2, 0) is 0 Å². The van der Waals surface area contributed by atoms with Crippen molar-refractivity contribution in [2.45, 2.75) is 0 Å². The van der Waals surface area contributed by atoms with Gasteiger partial charge < -0.3 is 8.98 Å². The van der Waals surface area contributed by atoms with E-state index in [2.05, 4.69) is 148 Å². The Labute approximate surface area is 278 Å². The van der Waals surface area contributed by atoms with E-state index in [1.165, 1.54) is 44.1 Å². The lowest BCUT2D eigenvalue weighted by atomic mass is 9.93. The van der Waals surface area contributed by atoms with Gasteiger partial charge in [0, 0.05) is 27.6 Å². The third-order valence-corrected chi connectivity index (χ3v) is 9.01. The first-order valence-electron chi connectivity index (χ1n) is 16.1. The highest BCUT2D eigenvalue weighted by Crippen LogP contribution is 2.39. The smallest absolute Gasteiger partial charge is 0.248 e. The van der Waals surface area contributed by atoms with Crippen LogP contribution in [0, 0.1) is 0 Å². The van der Waals surface area contributed by atoms with E-state index >= 15 is 0 Å². The van der Waals surface area contributed by atoms with Gasteiger partial charge in [0.05, 0.1) is 11.0 Å². The predicted octanol–water partition coefficient (Wildman–Crippen LogP) is 11.5. The van der Waals surface area contributed by atoms with Gasteiger partial charge in [0.1, 0.15) is 0 Å². The molecule has 0 aliphatic heterocycles. The molecule has 226 valence electrons. The lowest BCUT2D eigenvalue weighted by molar-refractivity contribution is 0.584. The van der Waals surface area contributed by atoms with Gasteiger partial charge in [0.2, 0.25) is 11.8 Å². The van der Waals surface area contributed by atoms with E-state index in [-0.39, 0.29) is 0 Å². The molecule has 0 amide bonds. The molecule has 0 unspecified atom stereocenters. The summed E-state index contributed by atoms with van der Waals surface area (Å²) < 4.78 is 8.38. The molecule has 0 N–H and O–H groups in total. The summed E-state index contributed by atoms with van der Waals surface area (Å²) in [6.07, 6.45) is 0. The van der Waals surface area contributed by atoms with Gasteiger partial charge in [0.15, 0.2) is 0 Å². The molecule has 2 aromatic heterocycles. The Morgan fingerprint density at radius 1 is 0.354 bits per heavy atom. The number of nitrogens with zero attached hydrogens (tertiary/aromatic N) is 3. The van der Waals surface area contributed by atoms with Crippen LogP contribution in [0.5, 0.6) is 0 Å². The molecule has 0 aliphatic rings. The SMILES string of the molecule is c1ccc(-c2nnc(-c3ccc(-c4ccc5c(c4)c4cc(-c6ccccc6-c6ccccc6)ccc4n5-c4ccccc4)cc3)o2)cc1. The summed E-state index contributed by atoms with van der Waals surface area (Å²) >= 11 is 0. The fraction of sp³-hybridized carbons (Fsp3) is 0. The highest BCUT2D eigenvalue weighted by atomic mass is 16.4. The van der Waals surface area contributed by atoms with Crippen LogP contribution in [0.1, 0.15) is 0 Å². The van der Waals surface area contributed by atoms with Crippen molar-refractivity contribution in [3.8, 4) is 62.0 Å². The minimum atomic E-state index is 0.505. The lowest BCUT2D eigenvalue weighted by Crippen LogP contribution is -1.93. The Morgan fingerprint density at radius 2 is 0.792 bits per heavy atom. The Hall–Kier alpha value is -6.52. The van der Waals surface area contributed by atoms with Crippen molar-refractivity contribution >= 4 is 21.8 Å². The van der Waals surface area contributed by atoms with Gasteiger partial charge in [0.25, 0.3) is 0 Å². The van der Waals surface area contributed by atoms with Crippen LogP contribution in [0.25, 0.3) is 83.8 Å². The average molecular weight is 616 g/mol. The second kappa shape index (κ2) is 11.7. The molecule has 9 rings (SSSR count). The zero-order valence-corrected chi connectivity index (χ0v) is 26.0. The summed E-state index contributed by atoms with van der Waals surface area (Å²) in [4.78, 5) is 0. The van der Waals surface area contributed by atoms with Crippen LogP contribution in [0.3, 0.4) is 0 Å². The molecule has 0 saturated heterocycles. The summed E-state index contributed by atoms with van der Waals surface area (Å²) in [5.74, 6) is 1.02. The van der Waals surface area contributed by atoms with Gasteiger partial charge in [-0.1, -0.05) is 115 Å². The van der Waals surface area contributed by atoms with Crippen LogP contribution in [0.4, 0.5) is 0 Å². The van der Waals surface area contributed by atoms with E-state index < -0.39 is 0 Å². The van der Waals surface area contributed by atoms with Crippen molar-refractivity contribution in [1.82, 2.24) is 14.8 Å². The first kappa shape index (κ1) is 27.8. The molecule has 4 nitrogen and oxygen atoms in total. The topological polar surface area (TPSA) is 43.9 Å². The Balaban J connectivity index is 1.16. The summed E-state index contributed by atoms with van der Waals surface area (Å²) in [5.41, 5.74) is 12.4. The normalized spacial score (nSPS) is 11.3. The number of hydrogen-bond acceptors (Lipinski definition) is 3. The van der Waals surface area contributed by atoms with E-state index in [0.717, 1.165) is 27.9 Å². The maximum atomic E-state index is 6.01. The molecule has 48 heavy (non-hydrogen) atoms. The molecule has 7 aromatic carbocycles. The number of aromatic nitrogens is 3. The number of para-hydroxylation sites is 1. The average Bonchev–Trinajstić information content (AvgIpc) is 3.79. The van der Waals surface area contributed by atoms with E-state index in [1.807, 2.05) is 42.5 Å². The van der Waals surface area contributed by atoms with E-state index in [4.69, 9.17) is 4.42 Å². The van der Waals surface area contributed by atoms with E-state index in [9.17, 15) is 0 Å². The zero-order valence-electron chi connectivity index (χ0n) is 26.0. The van der Waals surface area contributed by atoms with Crippen molar-refractivity contribution in [3.63, 3.8) is 0 Å². The molecular weight excluding hydrogens is 587 g/mol. The van der Waals surface area contributed by atoms with Crippen LogP contribution < -0.4 is 0 Å². The molecule has 0 radical (unpaired) electrons. The third-order valence-electron chi connectivity index (χ3n) is 9.01. The van der Waals surface area contributed by atoms with Crippen molar-refractivity contribution in [2.24, 2.45) is 0 Å². The Kier molecular flexibility index (Phi) is 6.76. The summed E-state index contributed by atoms with van der Waals surface area (Å²) in [6.45, 7) is 0.